The van der Waals surface area contributed by atoms with Crippen molar-refractivity contribution in [2.75, 3.05) is 66.1 Å². The van der Waals surface area contributed by atoms with Crippen molar-refractivity contribution in [2.45, 2.75) is 238 Å². The molecule has 106 heavy (non-hydrogen) atoms. The number of primary amides is 1. The molecule has 2 aliphatic heterocycles. The minimum Gasteiger partial charge on any atom is -0.481 e. The summed E-state index contributed by atoms with van der Waals surface area (Å²) in [5.74, 6) is -5.75. The van der Waals surface area contributed by atoms with E-state index in [2.05, 4.69) is 37.2 Å². The van der Waals surface area contributed by atoms with Crippen molar-refractivity contribution >= 4 is 88.7 Å². The lowest BCUT2D eigenvalue weighted by atomic mass is 9.89. The molecule has 12 amide bonds. The number of anilines is 1. The normalized spacial score (nSPS) is 19.4. The minimum absolute atomic E-state index is 0.0274. The van der Waals surface area contributed by atoms with Gasteiger partial charge in [-0.05, 0) is 125 Å². The number of aliphatic carboxylic acids is 1. The summed E-state index contributed by atoms with van der Waals surface area (Å²) in [4.78, 5) is 167. The van der Waals surface area contributed by atoms with E-state index in [0.29, 0.717) is 48.3 Å². The molecule has 1 aliphatic carbocycles. The first-order chi connectivity index (χ1) is 50.0. The number of hydrogen-bond acceptors (Lipinski definition) is 18. The van der Waals surface area contributed by atoms with Gasteiger partial charge in [0.05, 0.1) is 72.5 Å². The van der Waals surface area contributed by atoms with Gasteiger partial charge in [0, 0.05) is 65.2 Å². The van der Waals surface area contributed by atoms with Gasteiger partial charge in [0.15, 0.2) is 0 Å². The van der Waals surface area contributed by atoms with Crippen LogP contribution in [0.4, 0.5) is 15.3 Å². The fourth-order valence-corrected chi connectivity index (χ4v) is 15.6. The van der Waals surface area contributed by atoms with Crippen LogP contribution in [0, 0.1) is 41.9 Å². The Morgan fingerprint density at radius 3 is 1.97 bits per heavy atom. The van der Waals surface area contributed by atoms with E-state index in [1.807, 2.05) is 91.7 Å². The summed E-state index contributed by atoms with van der Waals surface area (Å²) in [7, 11) is 8.23. The van der Waals surface area contributed by atoms with Crippen molar-refractivity contribution in [1.82, 2.24) is 51.5 Å². The van der Waals surface area contributed by atoms with Gasteiger partial charge in [0.1, 0.15) is 24.7 Å². The molecule has 11 N–H and O–H groups in total. The number of carbonyl (C=O) groups is 12. The van der Waals surface area contributed by atoms with Crippen LogP contribution in [0.5, 0.6) is 0 Å². The van der Waals surface area contributed by atoms with Gasteiger partial charge in [-0.3, -0.25) is 57.7 Å². The number of rotatable bonds is 44. The number of carboxylic acid groups (broad SMARTS) is 1. The van der Waals surface area contributed by atoms with E-state index in [4.69, 9.17) is 19.9 Å². The number of nitrogens with two attached hydrogens (primary N) is 1. The quantitative estimate of drug-likeness (QED) is 0.0278. The largest absolute Gasteiger partial charge is 0.481 e. The molecule has 3 aliphatic rings. The molecule has 2 aromatic carbocycles. The number of nitrogens with one attached hydrogen (secondary N) is 7. The summed E-state index contributed by atoms with van der Waals surface area (Å²) in [5, 5.41) is 39.7. The Balaban J connectivity index is 1.17. The highest BCUT2D eigenvalue weighted by Gasteiger charge is 2.49. The number of carboxylic acids is 1. The third kappa shape index (κ3) is 26.2. The van der Waals surface area contributed by atoms with E-state index in [1.165, 1.54) is 35.8 Å². The number of carbonyl (C=O) groups excluding carboxylic acids is 11. The van der Waals surface area contributed by atoms with Crippen LogP contribution in [0.1, 0.15) is 175 Å². The molecule has 14 atom stereocenters. The summed E-state index contributed by atoms with van der Waals surface area (Å²) in [6.07, 6.45) is 0.499. The zero-order chi connectivity index (χ0) is 79.0. The molecule has 0 radical (unpaired) electrons. The van der Waals surface area contributed by atoms with Gasteiger partial charge in [0.2, 0.25) is 53.2 Å². The maximum absolute atomic E-state index is 14.7. The first-order valence-electron chi connectivity index (χ1n) is 37.2. The molecule has 0 bridgehead atoms. The van der Waals surface area contributed by atoms with Crippen LogP contribution in [0.25, 0.3) is 0 Å². The van der Waals surface area contributed by atoms with Gasteiger partial charge in [-0.25, -0.2) is 9.59 Å². The summed E-state index contributed by atoms with van der Waals surface area (Å²) in [5.41, 5.74) is 7.44. The summed E-state index contributed by atoms with van der Waals surface area (Å²) in [6, 6.07) is 6.58. The number of nitrogens with zero attached hydrogens (tertiary/aromatic N) is 4. The molecule has 2 heterocycles. The molecule has 1 saturated carbocycles. The lowest BCUT2D eigenvalue weighted by Crippen LogP contribution is -2.59. The van der Waals surface area contributed by atoms with Gasteiger partial charge in [-0.1, -0.05) is 117 Å². The standard InChI is InChI=1S/C76H120N12O17S/c1-17-47(9)66(86(14)73(100)63(44(4)5)83-71(98)65(45(6)7)85(12)13)56(103-15)37-59(91)88-40-53(89)36-55(88)67(104-16)48(10)68(95)79-49(11)64(51-28-24-46(8)25-29-51)84-75(102)105-41-50-26-30-52(31-27-50)80-69(96)54(22-21-34-78-74(77)101)81-70(97)62(43(2)3)82-58(90)23-19-18-20-35-87-60(92)38-57(72(87)99)106-42-76(32-33-76)39-61(93)94/h24-31,43-45,47-49,53-57,62-67,89H,17-23,32-42H2,1-16H3,(H,79,95)(H,80,96)(H,81,97)(H,82,90)(H,83,98)(H,84,102)(H,93,94)(H3,77,78,101)/t47-,48+,49+,53-,54-,55-,56+,57?,62-,63-,64?,65-,66-,67+/m0/s1. The van der Waals surface area contributed by atoms with Gasteiger partial charge >= 0.3 is 18.1 Å². The lowest BCUT2D eigenvalue weighted by Gasteiger charge is -2.41. The van der Waals surface area contributed by atoms with Crippen LogP contribution < -0.4 is 43.0 Å². The van der Waals surface area contributed by atoms with Crippen LogP contribution in [-0.2, 0) is 68.8 Å². The molecule has 29 nitrogen and oxygen atoms in total. The molecular formula is C76H120N12O17S. The second-order valence-electron chi connectivity index (χ2n) is 30.3. The molecule has 2 saturated heterocycles. The molecule has 2 unspecified atom stereocenters. The highest BCUT2D eigenvalue weighted by molar-refractivity contribution is 8.00. The van der Waals surface area contributed by atoms with E-state index in [9.17, 15) is 67.7 Å². The maximum atomic E-state index is 14.7. The number of unbranched alkanes of at least 4 members (excludes halogenated alkanes) is 2. The number of imide groups is 1. The molecule has 592 valence electrons. The van der Waals surface area contributed by atoms with E-state index >= 15 is 0 Å². The van der Waals surface area contributed by atoms with Crippen LogP contribution in [0.15, 0.2) is 48.5 Å². The average molecular weight is 1510 g/mol. The summed E-state index contributed by atoms with van der Waals surface area (Å²) < 4.78 is 17.8. The molecular weight excluding hydrogens is 1380 g/mol. The van der Waals surface area contributed by atoms with E-state index in [-0.39, 0.29) is 124 Å². The maximum Gasteiger partial charge on any atom is 0.408 e. The predicted molar refractivity (Wildman–Crippen MR) is 402 cm³/mol. The number of urea groups is 1. The SMILES string of the molecule is CC[C@H](C)[C@@H]([C@@H](CC(=O)N1C[C@@H](O)C[C@H]1[C@H](OC)[C@@H](C)C(=O)N[C@H](C)C(NC(=O)OCc1ccc(NC(=O)[C@H](CCCNC(N)=O)NC(=O)[C@@H](NC(=O)CCCCCN2C(=O)CC(SCC3(CC(=O)O)CC3)C2=O)C(C)C)cc1)c1ccc(C)cc1)OC)N(C)C(=O)[C@@H](NC(=O)[C@H](C(C)C)N(C)C)C(C)C. The lowest BCUT2D eigenvalue weighted by molar-refractivity contribution is -0.148. The first kappa shape index (κ1) is 88.7. The molecule has 0 spiro atoms. The van der Waals surface area contributed by atoms with Crippen molar-refractivity contribution in [3.8, 4) is 0 Å². The first-order valence-corrected chi connectivity index (χ1v) is 38.3. The highest BCUT2D eigenvalue weighted by atomic mass is 32.2. The van der Waals surface area contributed by atoms with Crippen molar-refractivity contribution in [1.29, 1.82) is 0 Å². The number of benzene rings is 2. The Morgan fingerprint density at radius 2 is 1.41 bits per heavy atom. The van der Waals surface area contributed by atoms with Gasteiger partial charge < -0.3 is 77.2 Å². The molecule has 3 fully saturated rings. The van der Waals surface area contributed by atoms with Gasteiger partial charge in [0.25, 0.3) is 0 Å². The third-order valence-electron chi connectivity index (χ3n) is 20.6. The molecule has 5 rings (SSSR count). The number of aliphatic hydroxyl groups is 1. The molecule has 30 heteroatoms. The predicted octanol–water partition coefficient (Wildman–Crippen LogP) is 5.77. The fourth-order valence-electron chi connectivity index (χ4n) is 14.1. The fraction of sp³-hybridized carbons (Fsp3) is 0.684. The van der Waals surface area contributed by atoms with Crippen LogP contribution in [-0.4, -0.2) is 228 Å². The van der Waals surface area contributed by atoms with Crippen LogP contribution in [0.3, 0.4) is 0 Å². The third-order valence-corrected chi connectivity index (χ3v) is 22.1. The van der Waals surface area contributed by atoms with E-state index in [0.717, 1.165) is 18.4 Å². The molecule has 0 aromatic heterocycles. The number of methoxy groups -OCH3 is 2. The number of likely N-dealkylation sites (N-methyl/N-ethyl adjacent to an activating group) is 2. The zero-order valence-electron chi connectivity index (χ0n) is 65.0. The van der Waals surface area contributed by atoms with Crippen molar-refractivity contribution in [3.05, 3.63) is 65.2 Å². The number of aliphatic hydroxyl groups excluding tert-OH is 1. The number of amides is 12. The van der Waals surface area contributed by atoms with Gasteiger partial charge in [-0.2, -0.15) is 0 Å². The Bertz CT molecular complexity index is 3290. The number of thioether (sulfide) groups is 1. The van der Waals surface area contributed by atoms with Crippen LogP contribution >= 0.6 is 11.8 Å². The number of ether oxygens (including phenoxy) is 3. The summed E-state index contributed by atoms with van der Waals surface area (Å²) >= 11 is 1.35. The van der Waals surface area contributed by atoms with Crippen molar-refractivity contribution in [2.24, 2.45) is 40.7 Å². The number of hydrogen-bond donors (Lipinski definition) is 10. The molecule has 2 aromatic rings. The van der Waals surface area contributed by atoms with E-state index in [1.54, 1.807) is 63.9 Å². The Kier molecular flexibility index (Phi) is 35.1. The Labute approximate surface area is 629 Å². The number of alkyl carbamates (subject to hydrolysis) is 1. The Hall–Kier alpha value is -7.93. The monoisotopic (exact) mass is 1500 g/mol. The van der Waals surface area contributed by atoms with E-state index < -0.39 is 125 Å². The Morgan fingerprint density at radius 1 is 0.755 bits per heavy atom. The van der Waals surface area contributed by atoms with Crippen LogP contribution in [0.2, 0.25) is 0 Å². The smallest absolute Gasteiger partial charge is 0.408 e. The topological polar surface area (TPSA) is 396 Å². The average Bonchev–Trinajstić information content (AvgIpc) is 1.55. The van der Waals surface area contributed by atoms with Crippen molar-refractivity contribution in [3.63, 3.8) is 0 Å². The second kappa shape index (κ2) is 42.0. The minimum atomic E-state index is -1.14. The number of β-amino-alcohol motifs (C(OH)–C–C–N with tert-alkyl or cyclic N) is 1. The van der Waals surface area contributed by atoms with Crippen molar-refractivity contribution < 1.29 is 82.0 Å². The number of aryl methyl sites for hydroxylation is 1. The number of likely N-dealkylation sites (tertiary alicyclic amines) is 2. The highest BCUT2D eigenvalue weighted by Crippen LogP contribution is 2.52. The van der Waals surface area contributed by atoms with Gasteiger partial charge in [-0.15, -0.1) is 11.8 Å². The second-order valence-corrected chi connectivity index (χ2v) is 31.5. The summed E-state index contributed by atoms with van der Waals surface area (Å²) in [6.45, 7) is 20.4. The zero-order valence-corrected chi connectivity index (χ0v) is 65.8.